The number of carboxylic acid groups (broad SMARTS) is 1. The molecule has 15 heavy (non-hydrogen) atoms. The minimum atomic E-state index is -1.05. The van der Waals surface area contributed by atoms with E-state index in [-0.39, 0.29) is 17.4 Å². The monoisotopic (exact) mass is 209 g/mol. The third-order valence-electron chi connectivity index (χ3n) is 2.20. The predicted molar refractivity (Wildman–Crippen MR) is 53.0 cm³/mol. The second-order valence-electron chi connectivity index (χ2n) is 3.30. The van der Waals surface area contributed by atoms with Crippen LogP contribution in [0.4, 0.5) is 5.69 Å². The summed E-state index contributed by atoms with van der Waals surface area (Å²) in [4.78, 5) is 10.8. The molecule has 1 saturated heterocycles. The molecule has 0 amide bonds. The number of anilines is 1. The van der Waals surface area contributed by atoms with E-state index < -0.39 is 5.97 Å². The zero-order chi connectivity index (χ0) is 10.8. The molecule has 1 fully saturated rings. The van der Waals surface area contributed by atoms with Crippen LogP contribution in [0.5, 0.6) is 5.75 Å². The minimum Gasteiger partial charge on any atom is -0.483 e. The molecule has 0 bridgehead atoms. The summed E-state index contributed by atoms with van der Waals surface area (Å²) in [6, 6.07) is 4.70. The average Bonchev–Trinajstić information content (AvgIpc) is 2.13. The molecule has 2 rings (SSSR count). The Labute approximate surface area is 86.4 Å². The Morgan fingerprint density at radius 2 is 2.27 bits per heavy atom. The lowest BCUT2D eigenvalue weighted by atomic mass is 10.1. The van der Waals surface area contributed by atoms with E-state index in [0.29, 0.717) is 19.0 Å². The van der Waals surface area contributed by atoms with E-state index >= 15 is 0 Å². The zero-order valence-electron chi connectivity index (χ0n) is 7.97. The Balaban J connectivity index is 2.22. The molecule has 0 atom stereocenters. The van der Waals surface area contributed by atoms with Crippen molar-refractivity contribution in [3.63, 3.8) is 0 Å². The molecule has 1 aliphatic heterocycles. The number of nitrogens with two attached hydrogens (primary N) is 1. The molecule has 0 unspecified atom stereocenters. The van der Waals surface area contributed by atoms with Gasteiger partial charge in [-0.25, -0.2) is 4.79 Å². The smallest absolute Gasteiger partial charge is 0.337 e. The number of ether oxygens (including phenoxy) is 2. The van der Waals surface area contributed by atoms with Gasteiger partial charge < -0.3 is 20.3 Å². The van der Waals surface area contributed by atoms with Gasteiger partial charge in [0.25, 0.3) is 0 Å². The van der Waals surface area contributed by atoms with Crippen LogP contribution in [0.2, 0.25) is 0 Å². The van der Waals surface area contributed by atoms with Crippen LogP contribution in [0.1, 0.15) is 10.4 Å². The summed E-state index contributed by atoms with van der Waals surface area (Å²) in [7, 11) is 0. The van der Waals surface area contributed by atoms with Gasteiger partial charge >= 0.3 is 5.97 Å². The van der Waals surface area contributed by atoms with Gasteiger partial charge in [0, 0.05) is 0 Å². The molecule has 1 aromatic carbocycles. The second kappa shape index (κ2) is 3.78. The number of rotatable bonds is 3. The third kappa shape index (κ3) is 1.87. The van der Waals surface area contributed by atoms with E-state index in [0.717, 1.165) is 0 Å². The molecule has 1 aliphatic rings. The first-order valence-corrected chi connectivity index (χ1v) is 4.54. The lowest BCUT2D eigenvalue weighted by Crippen LogP contribution is -2.38. The standard InChI is InChI=1S/C10H11NO4/c11-9-7(10(12)13)2-1-3-8(9)15-6-4-14-5-6/h1-3,6H,4-5,11H2,(H,12,13). The molecule has 1 heterocycles. The first kappa shape index (κ1) is 9.79. The predicted octanol–water partition coefficient (Wildman–Crippen LogP) is 0.745. The first-order chi connectivity index (χ1) is 7.18. The largest absolute Gasteiger partial charge is 0.483 e. The number of aromatic carboxylic acids is 1. The lowest BCUT2D eigenvalue weighted by molar-refractivity contribution is -0.0794. The van der Waals surface area contributed by atoms with Crippen molar-refractivity contribution < 1.29 is 19.4 Å². The molecule has 5 nitrogen and oxygen atoms in total. The Bertz CT molecular complexity index is 387. The summed E-state index contributed by atoms with van der Waals surface area (Å²) in [5.74, 6) is -0.647. The van der Waals surface area contributed by atoms with Crippen LogP contribution in [0.25, 0.3) is 0 Å². The second-order valence-corrected chi connectivity index (χ2v) is 3.30. The first-order valence-electron chi connectivity index (χ1n) is 4.54. The summed E-state index contributed by atoms with van der Waals surface area (Å²) in [5.41, 5.74) is 5.89. The van der Waals surface area contributed by atoms with Gasteiger partial charge in [0.2, 0.25) is 0 Å². The molecule has 3 N–H and O–H groups in total. The van der Waals surface area contributed by atoms with E-state index in [9.17, 15) is 4.79 Å². The van der Waals surface area contributed by atoms with Gasteiger partial charge in [0.15, 0.2) is 0 Å². The fourth-order valence-corrected chi connectivity index (χ4v) is 1.29. The highest BCUT2D eigenvalue weighted by Gasteiger charge is 2.22. The van der Waals surface area contributed by atoms with Gasteiger partial charge in [-0.05, 0) is 12.1 Å². The molecule has 0 spiro atoms. The Morgan fingerprint density at radius 1 is 1.53 bits per heavy atom. The van der Waals surface area contributed by atoms with E-state index in [1.54, 1.807) is 12.1 Å². The molecule has 80 valence electrons. The molecule has 0 saturated carbocycles. The molecule has 0 aromatic heterocycles. The van der Waals surface area contributed by atoms with Crippen molar-refractivity contribution in [1.82, 2.24) is 0 Å². The zero-order valence-corrected chi connectivity index (χ0v) is 7.97. The molecule has 1 aromatic rings. The molecule has 0 aliphatic carbocycles. The quantitative estimate of drug-likeness (QED) is 0.717. The van der Waals surface area contributed by atoms with Crippen molar-refractivity contribution >= 4 is 11.7 Å². The summed E-state index contributed by atoms with van der Waals surface area (Å²) < 4.78 is 10.4. The maximum absolute atomic E-state index is 10.8. The van der Waals surface area contributed by atoms with E-state index in [4.69, 9.17) is 20.3 Å². The van der Waals surface area contributed by atoms with Crippen molar-refractivity contribution in [3.05, 3.63) is 23.8 Å². The maximum Gasteiger partial charge on any atom is 0.337 e. The Hall–Kier alpha value is -1.75. The van der Waals surface area contributed by atoms with Gasteiger partial charge in [-0.3, -0.25) is 0 Å². The maximum atomic E-state index is 10.8. The SMILES string of the molecule is Nc1c(OC2COC2)cccc1C(=O)O. The lowest BCUT2D eigenvalue weighted by Gasteiger charge is -2.27. The number of para-hydroxylation sites is 1. The highest BCUT2D eigenvalue weighted by molar-refractivity contribution is 5.95. The fourth-order valence-electron chi connectivity index (χ4n) is 1.29. The third-order valence-corrected chi connectivity index (χ3v) is 2.20. The van der Waals surface area contributed by atoms with Crippen LogP contribution in [-0.2, 0) is 4.74 Å². The summed E-state index contributed by atoms with van der Waals surface area (Å²) >= 11 is 0. The van der Waals surface area contributed by atoms with E-state index in [1.165, 1.54) is 6.07 Å². The Morgan fingerprint density at radius 3 is 2.80 bits per heavy atom. The molecular formula is C10H11NO4. The van der Waals surface area contributed by atoms with Crippen molar-refractivity contribution in [2.75, 3.05) is 18.9 Å². The summed E-state index contributed by atoms with van der Waals surface area (Å²) in [6.45, 7) is 1.05. The number of hydrogen-bond acceptors (Lipinski definition) is 4. The van der Waals surface area contributed by atoms with Crippen LogP contribution in [0.3, 0.4) is 0 Å². The number of carboxylic acids is 1. The van der Waals surface area contributed by atoms with Crippen LogP contribution in [-0.4, -0.2) is 30.4 Å². The average molecular weight is 209 g/mol. The van der Waals surface area contributed by atoms with E-state index in [2.05, 4.69) is 0 Å². The highest BCUT2D eigenvalue weighted by atomic mass is 16.6. The van der Waals surface area contributed by atoms with Gasteiger partial charge in [0.1, 0.15) is 11.9 Å². The number of benzene rings is 1. The van der Waals surface area contributed by atoms with Crippen molar-refractivity contribution in [2.24, 2.45) is 0 Å². The minimum absolute atomic E-state index is 0.0173. The molecule has 0 radical (unpaired) electrons. The van der Waals surface area contributed by atoms with Crippen molar-refractivity contribution in [1.29, 1.82) is 0 Å². The van der Waals surface area contributed by atoms with Crippen LogP contribution in [0, 0.1) is 0 Å². The van der Waals surface area contributed by atoms with Crippen LogP contribution >= 0.6 is 0 Å². The highest BCUT2D eigenvalue weighted by Crippen LogP contribution is 2.27. The summed E-state index contributed by atoms with van der Waals surface area (Å²) in [6.07, 6.45) is -0.0173. The number of carbonyl (C=O) groups is 1. The van der Waals surface area contributed by atoms with Crippen LogP contribution in [0.15, 0.2) is 18.2 Å². The van der Waals surface area contributed by atoms with Gasteiger partial charge in [-0.2, -0.15) is 0 Å². The fraction of sp³-hybridized carbons (Fsp3) is 0.300. The van der Waals surface area contributed by atoms with Crippen molar-refractivity contribution in [2.45, 2.75) is 6.10 Å². The van der Waals surface area contributed by atoms with Gasteiger partial charge in [0.05, 0.1) is 24.5 Å². The Kier molecular flexibility index (Phi) is 2.47. The topological polar surface area (TPSA) is 81.8 Å². The molecular weight excluding hydrogens is 198 g/mol. The molecule has 5 heteroatoms. The normalized spacial score (nSPS) is 15.7. The number of nitrogen functional groups attached to an aromatic ring is 1. The van der Waals surface area contributed by atoms with Gasteiger partial charge in [-0.15, -0.1) is 0 Å². The number of hydrogen-bond donors (Lipinski definition) is 2. The summed E-state index contributed by atoms with van der Waals surface area (Å²) in [5, 5.41) is 8.84. The van der Waals surface area contributed by atoms with Crippen molar-refractivity contribution in [3.8, 4) is 5.75 Å². The van der Waals surface area contributed by atoms with Gasteiger partial charge in [-0.1, -0.05) is 6.07 Å². The van der Waals surface area contributed by atoms with E-state index in [1.807, 2.05) is 0 Å². The van der Waals surface area contributed by atoms with Crippen LogP contribution < -0.4 is 10.5 Å².